The van der Waals surface area contributed by atoms with Crippen LogP contribution in [0.2, 0.25) is 0 Å². The van der Waals surface area contributed by atoms with Crippen molar-refractivity contribution in [2.24, 2.45) is 0 Å². The van der Waals surface area contributed by atoms with E-state index in [1.54, 1.807) is 0 Å². The van der Waals surface area contributed by atoms with E-state index in [-0.39, 0.29) is 19.0 Å². The number of nitrogens with zero attached hydrogens (tertiary/aromatic N) is 1. The Balaban J connectivity index is 1.88. The minimum absolute atomic E-state index is 0.00929. The molecule has 0 spiro atoms. The highest BCUT2D eigenvalue weighted by molar-refractivity contribution is 9.10. The summed E-state index contributed by atoms with van der Waals surface area (Å²) in [7, 11) is 0. The molecule has 1 aliphatic carbocycles. The van der Waals surface area contributed by atoms with Crippen LogP contribution >= 0.6 is 15.9 Å². The molecule has 1 aromatic rings. The van der Waals surface area contributed by atoms with Gasteiger partial charge in [0.05, 0.1) is 6.54 Å². The van der Waals surface area contributed by atoms with Gasteiger partial charge in [0, 0.05) is 23.5 Å². The van der Waals surface area contributed by atoms with Crippen LogP contribution in [0.15, 0.2) is 22.7 Å². The number of rotatable bonds is 1. The first-order valence-electron chi connectivity index (χ1n) is 6.45. The second-order valence-electron chi connectivity index (χ2n) is 5.33. The Hall–Kier alpha value is -0.480. The van der Waals surface area contributed by atoms with Gasteiger partial charge < -0.3 is 0 Å². The van der Waals surface area contributed by atoms with Gasteiger partial charge in [-0.25, -0.2) is 8.78 Å². The summed E-state index contributed by atoms with van der Waals surface area (Å²) in [6.45, 7) is 0.445. The first-order chi connectivity index (χ1) is 8.55. The predicted molar refractivity (Wildman–Crippen MR) is 71.0 cm³/mol. The van der Waals surface area contributed by atoms with E-state index in [4.69, 9.17) is 0 Å². The van der Waals surface area contributed by atoms with Crippen molar-refractivity contribution in [3.8, 4) is 0 Å². The molecule has 1 nitrogen and oxygen atoms in total. The van der Waals surface area contributed by atoms with Crippen molar-refractivity contribution in [3.05, 3.63) is 33.8 Å². The zero-order valence-electron chi connectivity index (χ0n) is 10.1. The summed E-state index contributed by atoms with van der Waals surface area (Å²) in [4.78, 5) is 1.96. The van der Waals surface area contributed by atoms with Crippen LogP contribution < -0.4 is 0 Å². The quantitative estimate of drug-likeness (QED) is 0.752. The molecular weight excluding hydrogens is 300 g/mol. The molecule has 98 valence electrons. The van der Waals surface area contributed by atoms with E-state index in [1.165, 1.54) is 11.1 Å². The van der Waals surface area contributed by atoms with E-state index >= 15 is 0 Å². The zero-order valence-corrected chi connectivity index (χ0v) is 11.7. The number of halogens is 3. The largest absolute Gasteiger partial charge is 0.290 e. The third-order valence-electron chi connectivity index (χ3n) is 4.03. The lowest BCUT2D eigenvalue weighted by Crippen LogP contribution is -2.31. The van der Waals surface area contributed by atoms with Crippen molar-refractivity contribution in [3.63, 3.8) is 0 Å². The number of aryl methyl sites for hydroxylation is 1. The highest BCUT2D eigenvalue weighted by Crippen LogP contribution is 2.40. The van der Waals surface area contributed by atoms with E-state index in [9.17, 15) is 8.78 Å². The first kappa shape index (κ1) is 12.5. The van der Waals surface area contributed by atoms with Crippen LogP contribution in [0.4, 0.5) is 8.78 Å². The van der Waals surface area contributed by atoms with Gasteiger partial charge in [0.2, 0.25) is 0 Å². The van der Waals surface area contributed by atoms with Crippen molar-refractivity contribution in [1.29, 1.82) is 0 Å². The maximum atomic E-state index is 13.3. The van der Waals surface area contributed by atoms with E-state index in [1.807, 2.05) is 11.0 Å². The molecule has 3 rings (SSSR count). The van der Waals surface area contributed by atoms with Crippen molar-refractivity contribution < 1.29 is 8.78 Å². The summed E-state index contributed by atoms with van der Waals surface area (Å²) in [6.07, 6.45) is 3.17. The van der Waals surface area contributed by atoms with Crippen LogP contribution in [-0.4, -0.2) is 23.9 Å². The molecule has 0 radical (unpaired) electrons. The standard InChI is InChI=1S/C14H16BrF2N/c15-11-4-5-12-10(8-11)2-1-3-13(12)18-7-6-14(16,17)9-18/h4-5,8,13H,1-3,6-7,9H2. The molecule has 1 atom stereocenters. The fourth-order valence-electron chi connectivity index (χ4n) is 3.16. The third-order valence-corrected chi connectivity index (χ3v) is 4.52. The second-order valence-corrected chi connectivity index (χ2v) is 6.24. The summed E-state index contributed by atoms with van der Waals surface area (Å²) in [5, 5.41) is 0. The molecule has 0 bridgehead atoms. The summed E-state index contributed by atoms with van der Waals surface area (Å²) in [5.41, 5.74) is 2.57. The molecule has 1 unspecified atom stereocenters. The lowest BCUT2D eigenvalue weighted by molar-refractivity contribution is 0.00653. The fourth-order valence-corrected chi connectivity index (χ4v) is 3.57. The molecule has 1 aromatic carbocycles. The van der Waals surface area contributed by atoms with Gasteiger partial charge in [0.1, 0.15) is 0 Å². The van der Waals surface area contributed by atoms with Gasteiger partial charge in [-0.15, -0.1) is 0 Å². The maximum Gasteiger partial charge on any atom is 0.261 e. The Morgan fingerprint density at radius 2 is 2.17 bits per heavy atom. The number of hydrogen-bond donors (Lipinski definition) is 0. The number of benzene rings is 1. The summed E-state index contributed by atoms with van der Waals surface area (Å²) < 4.78 is 27.8. The van der Waals surface area contributed by atoms with Gasteiger partial charge in [0.15, 0.2) is 0 Å². The van der Waals surface area contributed by atoms with Crippen LogP contribution in [0.25, 0.3) is 0 Å². The molecule has 1 aliphatic heterocycles. The van der Waals surface area contributed by atoms with Gasteiger partial charge in [-0.1, -0.05) is 22.0 Å². The Morgan fingerprint density at radius 1 is 1.33 bits per heavy atom. The number of likely N-dealkylation sites (tertiary alicyclic amines) is 1. The maximum absolute atomic E-state index is 13.3. The Morgan fingerprint density at radius 3 is 2.89 bits per heavy atom. The average Bonchev–Trinajstić information content (AvgIpc) is 2.68. The molecule has 1 fully saturated rings. The highest BCUT2D eigenvalue weighted by Gasteiger charge is 2.41. The molecule has 0 aromatic heterocycles. The van der Waals surface area contributed by atoms with Crippen molar-refractivity contribution in [1.82, 2.24) is 4.90 Å². The van der Waals surface area contributed by atoms with Crippen LogP contribution in [0.3, 0.4) is 0 Å². The van der Waals surface area contributed by atoms with E-state index in [2.05, 4.69) is 28.1 Å². The topological polar surface area (TPSA) is 3.24 Å². The summed E-state index contributed by atoms with van der Waals surface area (Å²) in [5.74, 6) is -2.49. The number of alkyl halides is 2. The van der Waals surface area contributed by atoms with Gasteiger partial charge in [-0.05, 0) is 42.5 Å². The lowest BCUT2D eigenvalue weighted by atomic mass is 9.87. The van der Waals surface area contributed by atoms with Crippen molar-refractivity contribution >= 4 is 15.9 Å². The summed E-state index contributed by atoms with van der Waals surface area (Å²) in [6, 6.07) is 6.44. The van der Waals surface area contributed by atoms with Crippen LogP contribution in [0.1, 0.15) is 36.4 Å². The Bertz CT molecular complexity index is 461. The van der Waals surface area contributed by atoms with E-state index in [0.717, 1.165) is 23.7 Å². The SMILES string of the molecule is FC1(F)CCN(C2CCCc3cc(Br)ccc32)C1. The highest BCUT2D eigenvalue weighted by atomic mass is 79.9. The molecule has 0 N–H and O–H groups in total. The molecule has 18 heavy (non-hydrogen) atoms. The first-order valence-corrected chi connectivity index (χ1v) is 7.25. The van der Waals surface area contributed by atoms with E-state index < -0.39 is 5.92 Å². The third kappa shape index (κ3) is 2.32. The normalized spacial score (nSPS) is 27.2. The molecule has 4 heteroatoms. The van der Waals surface area contributed by atoms with Gasteiger partial charge in [0.25, 0.3) is 5.92 Å². The summed E-state index contributed by atoms with van der Waals surface area (Å²) >= 11 is 3.48. The predicted octanol–water partition coefficient (Wildman–Crippen LogP) is 4.17. The van der Waals surface area contributed by atoms with Gasteiger partial charge >= 0.3 is 0 Å². The van der Waals surface area contributed by atoms with Crippen LogP contribution in [0, 0.1) is 0 Å². The van der Waals surface area contributed by atoms with Crippen LogP contribution in [0.5, 0.6) is 0 Å². The fraction of sp³-hybridized carbons (Fsp3) is 0.571. The van der Waals surface area contributed by atoms with Gasteiger partial charge in [-0.3, -0.25) is 4.90 Å². The minimum Gasteiger partial charge on any atom is -0.290 e. The Labute approximate surface area is 114 Å². The second kappa shape index (κ2) is 4.57. The minimum atomic E-state index is -2.49. The van der Waals surface area contributed by atoms with Crippen molar-refractivity contribution in [2.75, 3.05) is 13.1 Å². The van der Waals surface area contributed by atoms with E-state index in [0.29, 0.717) is 6.54 Å². The number of hydrogen-bond acceptors (Lipinski definition) is 1. The zero-order chi connectivity index (χ0) is 12.8. The monoisotopic (exact) mass is 315 g/mol. The molecule has 0 amide bonds. The molecule has 0 saturated carbocycles. The number of fused-ring (bicyclic) bond motifs is 1. The molecule has 1 heterocycles. The molecular formula is C14H16BrF2N. The lowest BCUT2D eigenvalue weighted by Gasteiger charge is -2.33. The van der Waals surface area contributed by atoms with Crippen molar-refractivity contribution in [2.45, 2.75) is 37.6 Å². The van der Waals surface area contributed by atoms with Gasteiger partial charge in [-0.2, -0.15) is 0 Å². The Kier molecular flexibility index (Phi) is 3.18. The van der Waals surface area contributed by atoms with Crippen LogP contribution in [-0.2, 0) is 6.42 Å². The molecule has 2 aliphatic rings. The average molecular weight is 316 g/mol. The smallest absolute Gasteiger partial charge is 0.261 e. The molecule has 1 saturated heterocycles.